The zero-order valence-electron chi connectivity index (χ0n) is 9.84. The Balaban J connectivity index is 2.05. The molecule has 1 fully saturated rings. The Morgan fingerprint density at radius 1 is 1.50 bits per heavy atom. The van der Waals surface area contributed by atoms with Crippen molar-refractivity contribution < 1.29 is 0 Å². The zero-order chi connectivity index (χ0) is 10.4. The summed E-state index contributed by atoms with van der Waals surface area (Å²) < 4.78 is 0. The molecular weight excluding hydrogens is 172 g/mol. The summed E-state index contributed by atoms with van der Waals surface area (Å²) in [6, 6.07) is 0. The van der Waals surface area contributed by atoms with Gasteiger partial charge in [-0.25, -0.2) is 0 Å². The van der Waals surface area contributed by atoms with E-state index in [1.165, 1.54) is 45.3 Å². The van der Waals surface area contributed by atoms with Gasteiger partial charge in [0.15, 0.2) is 0 Å². The van der Waals surface area contributed by atoms with Crippen molar-refractivity contribution >= 4 is 0 Å². The fraction of sp³-hybridized carbons (Fsp3) is 1.00. The minimum atomic E-state index is 0.706. The van der Waals surface area contributed by atoms with Gasteiger partial charge in [0.05, 0.1) is 0 Å². The molecule has 2 nitrogen and oxygen atoms in total. The second kappa shape index (κ2) is 6.41. The summed E-state index contributed by atoms with van der Waals surface area (Å²) in [6.07, 6.45) is 5.44. The van der Waals surface area contributed by atoms with E-state index in [-0.39, 0.29) is 0 Å². The first-order valence-electron chi connectivity index (χ1n) is 6.14. The third-order valence-electron chi connectivity index (χ3n) is 3.31. The third-order valence-corrected chi connectivity index (χ3v) is 3.31. The molecule has 14 heavy (non-hydrogen) atoms. The van der Waals surface area contributed by atoms with Crippen molar-refractivity contribution in [3.05, 3.63) is 0 Å². The molecule has 0 radical (unpaired) electrons. The van der Waals surface area contributed by atoms with Crippen LogP contribution < -0.4 is 5.73 Å². The van der Waals surface area contributed by atoms with Gasteiger partial charge >= 0.3 is 0 Å². The number of piperidine rings is 1. The Morgan fingerprint density at radius 3 is 2.93 bits per heavy atom. The lowest BCUT2D eigenvalue weighted by Crippen LogP contribution is -2.35. The second-order valence-electron chi connectivity index (χ2n) is 5.03. The maximum Gasteiger partial charge on any atom is 0.000703 e. The normalized spacial score (nSPS) is 26.4. The monoisotopic (exact) mass is 198 g/mol. The quantitative estimate of drug-likeness (QED) is 0.733. The highest BCUT2D eigenvalue weighted by Crippen LogP contribution is 2.16. The molecule has 1 heterocycles. The van der Waals surface area contributed by atoms with Crippen LogP contribution in [0.25, 0.3) is 0 Å². The highest BCUT2D eigenvalue weighted by molar-refractivity contribution is 4.70. The lowest BCUT2D eigenvalue weighted by molar-refractivity contribution is 0.179. The van der Waals surface area contributed by atoms with Gasteiger partial charge < -0.3 is 10.6 Å². The molecule has 2 N–H and O–H groups in total. The zero-order valence-corrected chi connectivity index (χ0v) is 9.84. The van der Waals surface area contributed by atoms with E-state index >= 15 is 0 Å². The van der Waals surface area contributed by atoms with Crippen LogP contribution in [0, 0.1) is 11.8 Å². The van der Waals surface area contributed by atoms with E-state index in [9.17, 15) is 0 Å². The van der Waals surface area contributed by atoms with Crippen molar-refractivity contribution in [3.8, 4) is 0 Å². The lowest BCUT2D eigenvalue weighted by Gasteiger charge is -2.30. The van der Waals surface area contributed by atoms with Crippen molar-refractivity contribution in [2.75, 3.05) is 26.2 Å². The first-order chi connectivity index (χ1) is 6.72. The van der Waals surface area contributed by atoms with Crippen LogP contribution in [-0.4, -0.2) is 31.1 Å². The topological polar surface area (TPSA) is 29.3 Å². The molecule has 0 aromatic heterocycles. The highest BCUT2D eigenvalue weighted by Gasteiger charge is 2.15. The van der Waals surface area contributed by atoms with Gasteiger partial charge in [0, 0.05) is 6.54 Å². The van der Waals surface area contributed by atoms with E-state index in [2.05, 4.69) is 18.7 Å². The van der Waals surface area contributed by atoms with Crippen molar-refractivity contribution in [3.63, 3.8) is 0 Å². The third kappa shape index (κ3) is 4.43. The van der Waals surface area contributed by atoms with Gasteiger partial charge in [-0.3, -0.25) is 0 Å². The van der Waals surface area contributed by atoms with Gasteiger partial charge in [-0.2, -0.15) is 0 Å². The summed E-state index contributed by atoms with van der Waals surface area (Å²) in [7, 11) is 0. The molecular formula is C12H26N2. The number of nitrogens with two attached hydrogens (primary N) is 1. The van der Waals surface area contributed by atoms with E-state index in [0.717, 1.165) is 12.5 Å². The number of hydrogen-bond acceptors (Lipinski definition) is 2. The Labute approximate surface area is 88.8 Å². The largest absolute Gasteiger partial charge is 0.330 e. The predicted molar refractivity (Wildman–Crippen MR) is 62.3 cm³/mol. The minimum Gasteiger partial charge on any atom is -0.330 e. The second-order valence-corrected chi connectivity index (χ2v) is 5.03. The first kappa shape index (κ1) is 12.0. The number of likely N-dealkylation sites (tertiary alicyclic amines) is 1. The van der Waals surface area contributed by atoms with Gasteiger partial charge in [0.2, 0.25) is 0 Å². The molecule has 0 spiro atoms. The highest BCUT2D eigenvalue weighted by atomic mass is 15.1. The standard InChI is InChI=1S/C12H26N2/c1-11(9-13)5-3-7-14-8-4-6-12(2)10-14/h11-12H,3-10,13H2,1-2H3. The Hall–Kier alpha value is -0.0800. The molecule has 84 valence electrons. The molecule has 0 aliphatic carbocycles. The molecule has 1 aliphatic rings. The molecule has 2 atom stereocenters. The van der Waals surface area contributed by atoms with Crippen LogP contribution in [0.5, 0.6) is 0 Å². The average Bonchev–Trinajstić information content (AvgIpc) is 2.17. The maximum absolute atomic E-state index is 5.60. The fourth-order valence-electron chi connectivity index (χ4n) is 2.27. The van der Waals surface area contributed by atoms with E-state index in [1.807, 2.05) is 0 Å². The average molecular weight is 198 g/mol. The molecule has 2 unspecified atom stereocenters. The Bertz CT molecular complexity index is 147. The van der Waals surface area contributed by atoms with Gasteiger partial charge in [-0.05, 0) is 57.2 Å². The van der Waals surface area contributed by atoms with Crippen LogP contribution in [0.1, 0.15) is 39.5 Å². The number of rotatable bonds is 5. The summed E-state index contributed by atoms with van der Waals surface area (Å²) in [6.45, 7) is 9.39. The summed E-state index contributed by atoms with van der Waals surface area (Å²) in [5.74, 6) is 1.62. The smallest absolute Gasteiger partial charge is 0.000703 e. The number of nitrogens with zero attached hydrogens (tertiary/aromatic N) is 1. The van der Waals surface area contributed by atoms with Gasteiger partial charge in [0.25, 0.3) is 0 Å². The molecule has 0 saturated carbocycles. The first-order valence-corrected chi connectivity index (χ1v) is 6.14. The fourth-order valence-corrected chi connectivity index (χ4v) is 2.27. The van der Waals surface area contributed by atoms with Crippen LogP contribution in [0.4, 0.5) is 0 Å². The summed E-state index contributed by atoms with van der Waals surface area (Å²) >= 11 is 0. The van der Waals surface area contributed by atoms with Crippen LogP contribution in [0.3, 0.4) is 0 Å². The van der Waals surface area contributed by atoms with Crippen LogP contribution >= 0.6 is 0 Å². The van der Waals surface area contributed by atoms with E-state index in [4.69, 9.17) is 5.73 Å². The minimum absolute atomic E-state index is 0.706. The molecule has 2 heteroatoms. The SMILES string of the molecule is CC(CN)CCCN1CCCC(C)C1. The summed E-state index contributed by atoms with van der Waals surface area (Å²) in [5, 5.41) is 0. The molecule has 0 bridgehead atoms. The molecule has 0 aromatic carbocycles. The molecule has 1 rings (SSSR count). The molecule has 0 aromatic rings. The lowest BCUT2D eigenvalue weighted by atomic mass is 9.99. The molecule has 1 aliphatic heterocycles. The van der Waals surface area contributed by atoms with Gasteiger partial charge in [0.1, 0.15) is 0 Å². The van der Waals surface area contributed by atoms with Crippen molar-refractivity contribution in [1.82, 2.24) is 4.90 Å². The van der Waals surface area contributed by atoms with Crippen LogP contribution in [-0.2, 0) is 0 Å². The summed E-state index contributed by atoms with van der Waals surface area (Å²) in [5.41, 5.74) is 5.60. The van der Waals surface area contributed by atoms with Crippen molar-refractivity contribution in [2.24, 2.45) is 17.6 Å². The van der Waals surface area contributed by atoms with Gasteiger partial charge in [-0.1, -0.05) is 13.8 Å². The molecule has 0 amide bonds. The Kier molecular flexibility index (Phi) is 5.49. The van der Waals surface area contributed by atoms with Crippen LogP contribution in [0.2, 0.25) is 0 Å². The van der Waals surface area contributed by atoms with Crippen molar-refractivity contribution in [1.29, 1.82) is 0 Å². The Morgan fingerprint density at radius 2 is 2.29 bits per heavy atom. The summed E-state index contributed by atoms with van der Waals surface area (Å²) in [4.78, 5) is 2.62. The van der Waals surface area contributed by atoms with Crippen molar-refractivity contribution in [2.45, 2.75) is 39.5 Å². The number of hydrogen-bond donors (Lipinski definition) is 1. The van der Waals surface area contributed by atoms with Gasteiger partial charge in [-0.15, -0.1) is 0 Å². The maximum atomic E-state index is 5.60. The van der Waals surface area contributed by atoms with E-state index in [1.54, 1.807) is 0 Å². The van der Waals surface area contributed by atoms with E-state index in [0.29, 0.717) is 5.92 Å². The molecule has 1 saturated heterocycles. The predicted octanol–water partition coefficient (Wildman–Crippen LogP) is 2.09. The van der Waals surface area contributed by atoms with Crippen LogP contribution in [0.15, 0.2) is 0 Å². The van der Waals surface area contributed by atoms with E-state index < -0.39 is 0 Å².